The lowest BCUT2D eigenvalue weighted by Gasteiger charge is -2.08. The summed E-state index contributed by atoms with van der Waals surface area (Å²) in [6.07, 6.45) is 0. The van der Waals surface area contributed by atoms with Crippen molar-refractivity contribution in [2.75, 3.05) is 19.0 Å². The molecule has 0 atom stereocenters. The molecule has 0 saturated heterocycles. The van der Waals surface area contributed by atoms with Gasteiger partial charge in [0.1, 0.15) is 11.5 Å². The van der Waals surface area contributed by atoms with Crippen molar-refractivity contribution in [3.05, 3.63) is 47.0 Å². The lowest BCUT2D eigenvalue weighted by Crippen LogP contribution is -2.20. The van der Waals surface area contributed by atoms with Crippen molar-refractivity contribution in [2.24, 2.45) is 0 Å². The van der Waals surface area contributed by atoms with Gasteiger partial charge in [0.25, 0.3) is 5.91 Å². The molecule has 0 radical (unpaired) electrons. The number of halogens is 1. The number of carbonyl (C=O) groups excluding carboxylic acids is 1. The number of aromatic nitrogens is 1. The van der Waals surface area contributed by atoms with E-state index in [9.17, 15) is 4.79 Å². The molecular weight excluding hydrogens is 348 g/mol. The zero-order valence-electron chi connectivity index (χ0n) is 13.1. The summed E-state index contributed by atoms with van der Waals surface area (Å²) < 4.78 is 11.6. The molecule has 0 unspecified atom stereocenters. The number of ether oxygens (including phenoxy) is 2. The van der Waals surface area contributed by atoms with E-state index in [2.05, 4.69) is 10.3 Å². The minimum absolute atomic E-state index is 0.136. The highest BCUT2D eigenvalue weighted by Crippen LogP contribution is 2.29. The van der Waals surface area contributed by atoms with Crippen molar-refractivity contribution in [1.29, 1.82) is 0 Å². The van der Waals surface area contributed by atoms with Crippen LogP contribution in [0.4, 0.5) is 5.13 Å². The van der Waals surface area contributed by atoms with Crippen LogP contribution in [0.15, 0.2) is 36.4 Å². The largest absolute Gasteiger partial charge is 0.497 e. The fourth-order valence-corrected chi connectivity index (χ4v) is 3.19. The van der Waals surface area contributed by atoms with E-state index in [-0.39, 0.29) is 12.5 Å². The average Bonchev–Trinajstić information content (AvgIpc) is 2.96. The third-order valence-corrected chi connectivity index (χ3v) is 4.53. The van der Waals surface area contributed by atoms with Crippen LogP contribution >= 0.6 is 22.9 Å². The Hall–Kier alpha value is -2.31. The Morgan fingerprint density at radius 2 is 2.12 bits per heavy atom. The van der Waals surface area contributed by atoms with Crippen LogP contribution < -0.4 is 14.8 Å². The Labute approximate surface area is 148 Å². The van der Waals surface area contributed by atoms with Gasteiger partial charge < -0.3 is 9.47 Å². The number of anilines is 1. The molecule has 1 aromatic heterocycles. The summed E-state index contributed by atoms with van der Waals surface area (Å²) in [5.74, 6) is 0.945. The number of fused-ring (bicyclic) bond motifs is 1. The normalized spacial score (nSPS) is 10.6. The molecule has 1 N–H and O–H groups in total. The smallest absolute Gasteiger partial charge is 0.264 e. The first kappa shape index (κ1) is 16.5. The molecule has 1 heterocycles. The molecule has 1 amide bonds. The van der Waals surface area contributed by atoms with E-state index >= 15 is 0 Å². The summed E-state index contributed by atoms with van der Waals surface area (Å²) in [6, 6.07) is 11.0. The molecule has 0 spiro atoms. The SMILES string of the molecule is COc1ccc2nc(NC(=O)COc3cc(C)ccc3Cl)sc2c1. The minimum atomic E-state index is -0.293. The number of methoxy groups -OCH3 is 1. The summed E-state index contributed by atoms with van der Waals surface area (Å²) >= 11 is 7.42. The van der Waals surface area contributed by atoms with Gasteiger partial charge >= 0.3 is 0 Å². The first-order chi connectivity index (χ1) is 11.5. The molecule has 0 saturated carbocycles. The third-order valence-electron chi connectivity index (χ3n) is 3.29. The van der Waals surface area contributed by atoms with E-state index in [0.717, 1.165) is 21.5 Å². The van der Waals surface area contributed by atoms with E-state index in [1.807, 2.05) is 31.2 Å². The van der Waals surface area contributed by atoms with E-state index in [1.54, 1.807) is 19.2 Å². The number of hydrogen-bond donors (Lipinski definition) is 1. The first-order valence-electron chi connectivity index (χ1n) is 7.18. The molecule has 0 aliphatic carbocycles. The first-order valence-corrected chi connectivity index (χ1v) is 8.38. The zero-order valence-corrected chi connectivity index (χ0v) is 14.7. The Morgan fingerprint density at radius 1 is 1.29 bits per heavy atom. The summed E-state index contributed by atoms with van der Waals surface area (Å²) in [5, 5.41) is 3.72. The quantitative estimate of drug-likeness (QED) is 0.735. The Balaban J connectivity index is 1.65. The van der Waals surface area contributed by atoms with Crippen molar-refractivity contribution in [3.8, 4) is 11.5 Å². The highest BCUT2D eigenvalue weighted by molar-refractivity contribution is 7.22. The zero-order chi connectivity index (χ0) is 17.1. The maximum atomic E-state index is 12.0. The van der Waals surface area contributed by atoms with E-state index < -0.39 is 0 Å². The van der Waals surface area contributed by atoms with Crippen LogP contribution in [0.1, 0.15) is 5.56 Å². The highest BCUT2D eigenvalue weighted by atomic mass is 35.5. The lowest BCUT2D eigenvalue weighted by molar-refractivity contribution is -0.118. The summed E-state index contributed by atoms with van der Waals surface area (Å²) in [4.78, 5) is 16.4. The number of aryl methyl sites for hydroxylation is 1. The van der Waals surface area contributed by atoms with Gasteiger partial charge in [0, 0.05) is 0 Å². The van der Waals surface area contributed by atoms with Gasteiger partial charge in [0.15, 0.2) is 11.7 Å². The number of hydrogen-bond acceptors (Lipinski definition) is 5. The van der Waals surface area contributed by atoms with Crippen LogP contribution in [0.2, 0.25) is 5.02 Å². The number of benzene rings is 2. The van der Waals surface area contributed by atoms with E-state index in [4.69, 9.17) is 21.1 Å². The molecular formula is C17H15ClN2O3S. The van der Waals surface area contributed by atoms with Crippen molar-refractivity contribution in [1.82, 2.24) is 4.98 Å². The average molecular weight is 363 g/mol. The number of carbonyl (C=O) groups is 1. The minimum Gasteiger partial charge on any atom is -0.497 e. The number of rotatable bonds is 5. The fraction of sp³-hybridized carbons (Fsp3) is 0.176. The lowest BCUT2D eigenvalue weighted by atomic mass is 10.2. The van der Waals surface area contributed by atoms with Crippen molar-refractivity contribution in [3.63, 3.8) is 0 Å². The van der Waals surface area contributed by atoms with Crippen LogP contribution in [0.5, 0.6) is 11.5 Å². The van der Waals surface area contributed by atoms with Crippen molar-refractivity contribution in [2.45, 2.75) is 6.92 Å². The van der Waals surface area contributed by atoms with Gasteiger partial charge in [-0.05, 0) is 42.8 Å². The second-order valence-electron chi connectivity index (χ2n) is 5.12. The topological polar surface area (TPSA) is 60.5 Å². The standard InChI is InChI=1S/C17H15ClN2O3S/c1-10-3-5-12(18)14(7-10)23-9-16(21)20-17-19-13-6-4-11(22-2)8-15(13)24-17/h3-8H,9H2,1-2H3,(H,19,20,21). The summed E-state index contributed by atoms with van der Waals surface area (Å²) in [7, 11) is 1.61. The molecule has 24 heavy (non-hydrogen) atoms. The number of nitrogens with one attached hydrogen (secondary N) is 1. The maximum Gasteiger partial charge on any atom is 0.264 e. The predicted molar refractivity (Wildman–Crippen MR) is 96.5 cm³/mol. The fourth-order valence-electron chi connectivity index (χ4n) is 2.11. The maximum absolute atomic E-state index is 12.0. The van der Waals surface area contributed by atoms with Crippen LogP contribution in [-0.4, -0.2) is 24.6 Å². The summed E-state index contributed by atoms with van der Waals surface area (Å²) in [5.41, 5.74) is 1.81. The highest BCUT2D eigenvalue weighted by Gasteiger charge is 2.10. The second kappa shape index (κ2) is 7.07. The Morgan fingerprint density at radius 3 is 2.92 bits per heavy atom. The summed E-state index contributed by atoms with van der Waals surface area (Å²) in [6.45, 7) is 1.79. The van der Waals surface area contributed by atoms with Crippen LogP contribution in [-0.2, 0) is 4.79 Å². The number of amides is 1. The van der Waals surface area contributed by atoms with Crippen LogP contribution in [0.25, 0.3) is 10.2 Å². The van der Waals surface area contributed by atoms with Gasteiger partial charge in [-0.25, -0.2) is 4.98 Å². The molecule has 124 valence electrons. The van der Waals surface area contributed by atoms with Gasteiger partial charge in [-0.15, -0.1) is 0 Å². The van der Waals surface area contributed by atoms with Gasteiger partial charge in [-0.1, -0.05) is 29.0 Å². The molecule has 0 aliphatic heterocycles. The predicted octanol–water partition coefficient (Wildman–Crippen LogP) is 4.28. The number of thiazole rings is 1. The molecule has 5 nitrogen and oxygen atoms in total. The van der Waals surface area contributed by atoms with Crippen LogP contribution in [0, 0.1) is 6.92 Å². The molecule has 3 aromatic rings. The molecule has 2 aromatic carbocycles. The molecule has 0 aliphatic rings. The van der Waals surface area contributed by atoms with Crippen molar-refractivity contribution < 1.29 is 14.3 Å². The van der Waals surface area contributed by atoms with Crippen LogP contribution in [0.3, 0.4) is 0 Å². The molecule has 3 rings (SSSR count). The second-order valence-corrected chi connectivity index (χ2v) is 6.56. The van der Waals surface area contributed by atoms with Gasteiger partial charge in [0.05, 0.1) is 22.3 Å². The Bertz CT molecular complexity index is 895. The number of nitrogens with zero attached hydrogens (tertiary/aromatic N) is 1. The monoisotopic (exact) mass is 362 g/mol. The van der Waals surface area contributed by atoms with Gasteiger partial charge in [-0.2, -0.15) is 0 Å². The molecule has 0 bridgehead atoms. The van der Waals surface area contributed by atoms with E-state index in [1.165, 1.54) is 11.3 Å². The third kappa shape index (κ3) is 3.77. The Kier molecular flexibility index (Phi) is 4.87. The molecule has 0 fully saturated rings. The van der Waals surface area contributed by atoms with E-state index in [0.29, 0.717) is 15.9 Å². The van der Waals surface area contributed by atoms with Gasteiger partial charge in [0.2, 0.25) is 0 Å². The molecule has 7 heteroatoms. The van der Waals surface area contributed by atoms with Gasteiger partial charge in [-0.3, -0.25) is 10.1 Å². The van der Waals surface area contributed by atoms with Crippen molar-refractivity contribution >= 4 is 44.2 Å².